The van der Waals surface area contributed by atoms with E-state index in [2.05, 4.69) is 10.3 Å². The highest BCUT2D eigenvalue weighted by Crippen LogP contribution is 2.11. The summed E-state index contributed by atoms with van der Waals surface area (Å²) < 4.78 is 5.52. The van der Waals surface area contributed by atoms with E-state index in [1.807, 2.05) is 30.3 Å². The molecule has 3 rings (SSSR count). The first-order valence-corrected chi connectivity index (χ1v) is 7.84. The molecule has 1 aromatic carbocycles. The number of hydrogen-bond acceptors (Lipinski definition) is 4. The monoisotopic (exact) mass is 325 g/mol. The fraction of sp³-hybridized carbons (Fsp3) is 0.278. The van der Waals surface area contributed by atoms with E-state index in [1.54, 1.807) is 23.2 Å². The number of hydrogen-bond donors (Lipinski definition) is 1. The molecule has 1 atom stereocenters. The van der Waals surface area contributed by atoms with Crippen molar-refractivity contribution in [3.05, 3.63) is 66.0 Å². The van der Waals surface area contributed by atoms with Crippen LogP contribution in [0.5, 0.6) is 0 Å². The number of carbonyl (C=O) groups is 2. The van der Waals surface area contributed by atoms with Crippen molar-refractivity contribution >= 4 is 11.8 Å². The quantitative estimate of drug-likeness (QED) is 0.898. The summed E-state index contributed by atoms with van der Waals surface area (Å²) in [5, 5.41) is 2.83. The summed E-state index contributed by atoms with van der Waals surface area (Å²) in [5.41, 5.74) is 1.58. The average molecular weight is 325 g/mol. The Kier molecular flexibility index (Phi) is 5.18. The lowest BCUT2D eigenvalue weighted by Gasteiger charge is -2.33. The molecule has 1 N–H and O–H groups in total. The highest BCUT2D eigenvalue weighted by Gasteiger charge is 2.26. The summed E-state index contributed by atoms with van der Waals surface area (Å²) >= 11 is 0. The zero-order chi connectivity index (χ0) is 16.8. The van der Waals surface area contributed by atoms with Gasteiger partial charge < -0.3 is 15.0 Å². The summed E-state index contributed by atoms with van der Waals surface area (Å²) in [6, 6.07) is 13.2. The van der Waals surface area contributed by atoms with Crippen molar-refractivity contribution in [2.75, 3.05) is 19.7 Å². The lowest BCUT2D eigenvalue weighted by atomic mass is 10.2. The van der Waals surface area contributed by atoms with Gasteiger partial charge in [-0.05, 0) is 17.7 Å². The van der Waals surface area contributed by atoms with Gasteiger partial charge in [0, 0.05) is 32.0 Å². The Morgan fingerprint density at radius 1 is 1.25 bits per heavy atom. The molecule has 1 fully saturated rings. The molecule has 124 valence electrons. The molecule has 0 saturated carbocycles. The minimum absolute atomic E-state index is 0.0336. The third-order valence-corrected chi connectivity index (χ3v) is 3.85. The minimum atomic E-state index is -0.216. The zero-order valence-electron chi connectivity index (χ0n) is 13.2. The molecule has 6 nitrogen and oxygen atoms in total. The highest BCUT2D eigenvalue weighted by atomic mass is 16.5. The van der Waals surface area contributed by atoms with Gasteiger partial charge in [0.25, 0.3) is 5.91 Å². The van der Waals surface area contributed by atoms with E-state index in [0.717, 1.165) is 5.56 Å². The smallest absolute Gasteiger partial charge is 0.252 e. The summed E-state index contributed by atoms with van der Waals surface area (Å²) in [6.45, 7) is 1.41. The maximum absolute atomic E-state index is 12.0. The first kappa shape index (κ1) is 16.1. The van der Waals surface area contributed by atoms with Crippen LogP contribution in [0.1, 0.15) is 15.9 Å². The maximum Gasteiger partial charge on any atom is 0.252 e. The third kappa shape index (κ3) is 4.17. The van der Waals surface area contributed by atoms with Crippen LogP contribution in [-0.2, 0) is 16.1 Å². The van der Waals surface area contributed by atoms with Crippen molar-refractivity contribution in [2.45, 2.75) is 12.6 Å². The van der Waals surface area contributed by atoms with Crippen molar-refractivity contribution in [1.29, 1.82) is 0 Å². The Morgan fingerprint density at radius 2 is 2.08 bits per heavy atom. The fourth-order valence-corrected chi connectivity index (χ4v) is 2.57. The van der Waals surface area contributed by atoms with Gasteiger partial charge in [0.1, 0.15) is 6.61 Å². The number of rotatable bonds is 5. The van der Waals surface area contributed by atoms with Gasteiger partial charge in [0.05, 0.1) is 11.7 Å². The highest BCUT2D eigenvalue weighted by molar-refractivity contribution is 5.93. The van der Waals surface area contributed by atoms with Crippen LogP contribution in [-0.4, -0.2) is 47.5 Å². The molecule has 2 heterocycles. The van der Waals surface area contributed by atoms with Gasteiger partial charge in [0.2, 0.25) is 5.91 Å². The van der Waals surface area contributed by atoms with Crippen molar-refractivity contribution in [2.24, 2.45) is 0 Å². The van der Waals surface area contributed by atoms with Gasteiger partial charge in [-0.3, -0.25) is 14.6 Å². The van der Waals surface area contributed by atoms with Crippen molar-refractivity contribution in [3.8, 4) is 0 Å². The standard InChI is InChI=1S/C18H19N3O3/c22-17-13-24-16(10-20-18(23)15-7-4-8-19-9-15)12-21(17)11-14-5-2-1-3-6-14/h1-9,16H,10-13H2,(H,20,23). The van der Waals surface area contributed by atoms with E-state index in [-0.39, 0.29) is 24.5 Å². The number of nitrogens with zero attached hydrogens (tertiary/aromatic N) is 2. The first-order chi connectivity index (χ1) is 11.7. The molecule has 24 heavy (non-hydrogen) atoms. The van der Waals surface area contributed by atoms with E-state index in [0.29, 0.717) is 25.2 Å². The van der Waals surface area contributed by atoms with Crippen LogP contribution in [0.25, 0.3) is 0 Å². The van der Waals surface area contributed by atoms with Crippen LogP contribution in [0.4, 0.5) is 0 Å². The average Bonchev–Trinajstić information content (AvgIpc) is 2.63. The molecular formula is C18H19N3O3. The van der Waals surface area contributed by atoms with E-state index < -0.39 is 0 Å². The van der Waals surface area contributed by atoms with E-state index in [1.165, 1.54) is 6.20 Å². The summed E-state index contributed by atoms with van der Waals surface area (Å²) in [4.78, 5) is 29.7. The van der Waals surface area contributed by atoms with Crippen LogP contribution in [0.2, 0.25) is 0 Å². The summed E-state index contributed by atoms with van der Waals surface area (Å²) in [7, 11) is 0. The lowest BCUT2D eigenvalue weighted by Crippen LogP contribution is -2.50. The molecule has 1 aromatic heterocycles. The molecule has 2 aromatic rings. The van der Waals surface area contributed by atoms with Gasteiger partial charge in [-0.1, -0.05) is 30.3 Å². The molecule has 2 amide bonds. The number of amides is 2. The Hall–Kier alpha value is -2.73. The van der Waals surface area contributed by atoms with E-state index in [9.17, 15) is 9.59 Å². The molecule has 6 heteroatoms. The second-order valence-corrected chi connectivity index (χ2v) is 5.64. The van der Waals surface area contributed by atoms with Crippen LogP contribution >= 0.6 is 0 Å². The fourth-order valence-electron chi connectivity index (χ4n) is 2.57. The number of ether oxygens (including phenoxy) is 1. The molecule has 0 radical (unpaired) electrons. The van der Waals surface area contributed by atoms with Gasteiger partial charge in [-0.15, -0.1) is 0 Å². The van der Waals surface area contributed by atoms with Crippen LogP contribution < -0.4 is 5.32 Å². The molecule has 0 bridgehead atoms. The number of pyridine rings is 1. The third-order valence-electron chi connectivity index (χ3n) is 3.85. The predicted molar refractivity (Wildman–Crippen MR) is 88.2 cm³/mol. The van der Waals surface area contributed by atoms with Crippen LogP contribution in [0.15, 0.2) is 54.9 Å². The summed E-state index contributed by atoms with van der Waals surface area (Å²) in [6.07, 6.45) is 2.92. The van der Waals surface area contributed by atoms with Gasteiger partial charge in [-0.25, -0.2) is 0 Å². The Morgan fingerprint density at radius 3 is 2.83 bits per heavy atom. The lowest BCUT2D eigenvalue weighted by molar-refractivity contribution is -0.149. The van der Waals surface area contributed by atoms with Gasteiger partial charge in [0.15, 0.2) is 0 Å². The van der Waals surface area contributed by atoms with E-state index in [4.69, 9.17) is 4.74 Å². The molecule has 0 spiro atoms. The molecule has 1 aliphatic rings. The maximum atomic E-state index is 12.0. The van der Waals surface area contributed by atoms with E-state index >= 15 is 0 Å². The van der Waals surface area contributed by atoms with Crippen molar-refractivity contribution in [3.63, 3.8) is 0 Å². The molecular weight excluding hydrogens is 306 g/mol. The van der Waals surface area contributed by atoms with Gasteiger partial charge in [-0.2, -0.15) is 0 Å². The Labute approximate surface area is 140 Å². The largest absolute Gasteiger partial charge is 0.365 e. The minimum Gasteiger partial charge on any atom is -0.365 e. The normalized spacial score (nSPS) is 17.6. The topological polar surface area (TPSA) is 71.5 Å². The number of nitrogens with one attached hydrogen (secondary N) is 1. The number of benzene rings is 1. The first-order valence-electron chi connectivity index (χ1n) is 7.84. The Bertz CT molecular complexity index is 691. The number of aromatic nitrogens is 1. The number of morpholine rings is 1. The molecule has 1 aliphatic heterocycles. The molecule has 1 saturated heterocycles. The zero-order valence-corrected chi connectivity index (χ0v) is 13.2. The summed E-state index contributed by atoms with van der Waals surface area (Å²) in [5.74, 6) is -0.230. The van der Waals surface area contributed by atoms with Crippen LogP contribution in [0, 0.1) is 0 Å². The Balaban J connectivity index is 1.53. The SMILES string of the molecule is O=C(NCC1CN(Cc2ccccc2)C(=O)CO1)c1cccnc1. The molecule has 0 aliphatic carbocycles. The second-order valence-electron chi connectivity index (χ2n) is 5.64. The van der Waals surface area contributed by atoms with Gasteiger partial charge >= 0.3 is 0 Å². The second kappa shape index (κ2) is 7.70. The predicted octanol–water partition coefficient (Wildman–Crippen LogP) is 1.24. The number of carbonyl (C=O) groups excluding carboxylic acids is 2. The van der Waals surface area contributed by atoms with Crippen LogP contribution in [0.3, 0.4) is 0 Å². The molecule has 1 unspecified atom stereocenters. The van der Waals surface area contributed by atoms with Crippen molar-refractivity contribution < 1.29 is 14.3 Å². The van der Waals surface area contributed by atoms with Crippen molar-refractivity contribution in [1.82, 2.24) is 15.2 Å².